The maximum atomic E-state index is 12.2. The number of carbonyl (C=O) groups is 1. The highest BCUT2D eigenvalue weighted by molar-refractivity contribution is 7.94. The van der Waals surface area contributed by atoms with E-state index in [4.69, 9.17) is 23.2 Å². The second-order valence-corrected chi connectivity index (χ2v) is 8.40. The van der Waals surface area contributed by atoms with Gasteiger partial charge >= 0.3 is 0 Å². The van der Waals surface area contributed by atoms with Crippen LogP contribution in [0.15, 0.2) is 22.5 Å². The van der Waals surface area contributed by atoms with Gasteiger partial charge in [0.1, 0.15) is 0 Å². The van der Waals surface area contributed by atoms with E-state index >= 15 is 0 Å². The molecule has 7 nitrogen and oxygen atoms in total. The molecule has 2 aromatic rings. The van der Waals surface area contributed by atoms with Crippen molar-refractivity contribution >= 4 is 61.3 Å². The first kappa shape index (κ1) is 17.9. The molecule has 0 bridgehead atoms. The molecule has 0 saturated carbocycles. The van der Waals surface area contributed by atoms with E-state index in [9.17, 15) is 13.2 Å². The number of anilines is 2. The summed E-state index contributed by atoms with van der Waals surface area (Å²) in [7, 11) is -3.94. The molecule has 0 fully saturated rings. The number of hydrogen-bond donors (Lipinski definition) is 2. The van der Waals surface area contributed by atoms with Crippen molar-refractivity contribution in [2.45, 2.75) is 18.2 Å². The Morgan fingerprint density at radius 3 is 2.52 bits per heavy atom. The van der Waals surface area contributed by atoms with Crippen LogP contribution >= 0.6 is 34.5 Å². The first-order valence-electron chi connectivity index (χ1n) is 6.31. The number of rotatable bonds is 5. The van der Waals surface area contributed by atoms with Gasteiger partial charge < -0.3 is 5.32 Å². The minimum absolute atomic E-state index is 0.109. The molecule has 0 aliphatic heterocycles. The maximum Gasteiger partial charge on any atom is 0.291 e. The molecule has 1 aromatic carbocycles. The van der Waals surface area contributed by atoms with Crippen molar-refractivity contribution in [1.82, 2.24) is 10.2 Å². The number of halogens is 2. The highest BCUT2D eigenvalue weighted by Gasteiger charge is 2.21. The minimum atomic E-state index is -3.94. The first-order valence-corrected chi connectivity index (χ1v) is 9.37. The summed E-state index contributed by atoms with van der Waals surface area (Å²) in [5.74, 6) is -0.532. The molecular formula is C12H12Cl2N4O3S2. The summed E-state index contributed by atoms with van der Waals surface area (Å²) in [6.07, 6.45) is 0. The lowest BCUT2D eigenvalue weighted by atomic mass is 10.2. The van der Waals surface area contributed by atoms with E-state index in [1.54, 1.807) is 13.8 Å². The van der Waals surface area contributed by atoms with Crippen LogP contribution in [-0.4, -0.2) is 24.5 Å². The molecule has 1 amide bonds. The molecule has 2 N–H and O–H groups in total. The Kier molecular flexibility index (Phi) is 5.45. The Labute approximate surface area is 147 Å². The van der Waals surface area contributed by atoms with Gasteiger partial charge in [-0.25, -0.2) is 0 Å². The topological polar surface area (TPSA) is 101 Å². The average molecular weight is 395 g/mol. The molecular weight excluding hydrogens is 383 g/mol. The zero-order valence-corrected chi connectivity index (χ0v) is 15.1. The predicted octanol–water partition coefficient (Wildman–Crippen LogP) is 3.24. The molecule has 0 spiro atoms. The quantitative estimate of drug-likeness (QED) is 0.757. The summed E-state index contributed by atoms with van der Waals surface area (Å²) in [6.45, 7) is 3.42. The van der Waals surface area contributed by atoms with Gasteiger partial charge in [-0.2, -0.15) is 8.42 Å². The second kappa shape index (κ2) is 7.00. The summed E-state index contributed by atoms with van der Waals surface area (Å²) in [5.41, 5.74) is 0.238. The number of amides is 1. The number of sulfonamides is 1. The molecule has 0 atom stereocenters. The van der Waals surface area contributed by atoms with Crippen molar-refractivity contribution in [3.8, 4) is 0 Å². The molecule has 0 aliphatic rings. The number of hydrogen-bond acceptors (Lipinski definition) is 6. The lowest BCUT2D eigenvalue weighted by molar-refractivity contribution is -0.118. The fourth-order valence-corrected chi connectivity index (χ4v) is 3.63. The Morgan fingerprint density at radius 2 is 1.91 bits per heavy atom. The van der Waals surface area contributed by atoms with E-state index in [-0.39, 0.29) is 32.0 Å². The highest BCUT2D eigenvalue weighted by Crippen LogP contribution is 2.27. The molecule has 124 valence electrons. The van der Waals surface area contributed by atoms with Crippen molar-refractivity contribution in [1.29, 1.82) is 0 Å². The molecule has 0 unspecified atom stereocenters. The van der Waals surface area contributed by atoms with Crippen LogP contribution < -0.4 is 10.0 Å². The summed E-state index contributed by atoms with van der Waals surface area (Å²) in [6, 6.07) is 4.31. The lowest BCUT2D eigenvalue weighted by Crippen LogP contribution is -2.17. The Balaban J connectivity index is 2.18. The molecule has 0 aliphatic carbocycles. The van der Waals surface area contributed by atoms with Crippen LogP contribution in [0.25, 0.3) is 0 Å². The summed E-state index contributed by atoms with van der Waals surface area (Å²) in [5, 5.41) is 10.4. The maximum absolute atomic E-state index is 12.2. The predicted molar refractivity (Wildman–Crippen MR) is 90.6 cm³/mol. The van der Waals surface area contributed by atoms with Crippen LogP contribution in [0.1, 0.15) is 13.8 Å². The normalized spacial score (nSPS) is 11.5. The third-order valence-electron chi connectivity index (χ3n) is 2.56. The SMILES string of the molecule is CC(C)C(=O)Nc1nnc(S(=O)(=O)Nc2ccc(Cl)c(Cl)c2)s1. The largest absolute Gasteiger partial charge is 0.300 e. The van der Waals surface area contributed by atoms with Gasteiger partial charge in [0.05, 0.1) is 15.7 Å². The van der Waals surface area contributed by atoms with Crippen LogP contribution in [0.5, 0.6) is 0 Å². The Bertz CT molecular complexity index is 837. The third-order valence-corrected chi connectivity index (χ3v) is 5.89. The standard InChI is InChI=1S/C12H12Cl2N4O3S2/c1-6(2)10(19)15-11-16-17-12(22-11)23(20,21)18-7-3-4-8(13)9(14)5-7/h3-6,18H,1-2H3,(H,15,16,19). The number of aromatic nitrogens is 2. The number of nitrogens with zero attached hydrogens (tertiary/aromatic N) is 2. The number of carbonyl (C=O) groups excluding carboxylic acids is 1. The van der Waals surface area contributed by atoms with Crippen LogP contribution in [0.4, 0.5) is 10.8 Å². The van der Waals surface area contributed by atoms with Crippen LogP contribution in [0, 0.1) is 5.92 Å². The highest BCUT2D eigenvalue weighted by atomic mass is 35.5. The van der Waals surface area contributed by atoms with E-state index in [0.717, 1.165) is 11.3 Å². The van der Waals surface area contributed by atoms with Gasteiger partial charge in [-0.15, -0.1) is 10.2 Å². The molecule has 11 heteroatoms. The fourth-order valence-electron chi connectivity index (χ4n) is 1.38. The van der Waals surface area contributed by atoms with Crippen LogP contribution in [0.3, 0.4) is 0 Å². The van der Waals surface area contributed by atoms with E-state index in [1.807, 2.05) is 0 Å². The number of nitrogens with one attached hydrogen (secondary N) is 2. The molecule has 23 heavy (non-hydrogen) atoms. The minimum Gasteiger partial charge on any atom is -0.300 e. The van der Waals surface area contributed by atoms with Crippen molar-refractivity contribution in [2.24, 2.45) is 5.92 Å². The third kappa shape index (κ3) is 4.54. The van der Waals surface area contributed by atoms with Crippen molar-refractivity contribution < 1.29 is 13.2 Å². The van der Waals surface area contributed by atoms with Gasteiger partial charge in [0.2, 0.25) is 11.0 Å². The Hall–Kier alpha value is -1.42. The zero-order valence-electron chi connectivity index (χ0n) is 12.0. The monoisotopic (exact) mass is 394 g/mol. The van der Waals surface area contributed by atoms with E-state index in [1.165, 1.54) is 18.2 Å². The molecule has 1 heterocycles. The summed E-state index contributed by atoms with van der Waals surface area (Å²) < 4.78 is 26.5. The second-order valence-electron chi connectivity index (χ2n) is 4.75. The van der Waals surface area contributed by atoms with E-state index in [2.05, 4.69) is 20.2 Å². The van der Waals surface area contributed by atoms with Gasteiger partial charge in [-0.1, -0.05) is 48.4 Å². The molecule has 0 saturated heterocycles. The molecule has 1 aromatic heterocycles. The van der Waals surface area contributed by atoms with Gasteiger partial charge in [0.25, 0.3) is 14.4 Å². The smallest absolute Gasteiger partial charge is 0.291 e. The van der Waals surface area contributed by atoms with Gasteiger partial charge in [0.15, 0.2) is 0 Å². The number of benzene rings is 1. The van der Waals surface area contributed by atoms with Crippen molar-refractivity contribution in [3.63, 3.8) is 0 Å². The summed E-state index contributed by atoms with van der Waals surface area (Å²) in [4.78, 5) is 11.6. The van der Waals surface area contributed by atoms with E-state index < -0.39 is 10.0 Å². The van der Waals surface area contributed by atoms with Crippen LogP contribution in [0.2, 0.25) is 10.0 Å². The first-order chi connectivity index (χ1) is 10.7. The molecule has 2 rings (SSSR count). The Morgan fingerprint density at radius 1 is 1.22 bits per heavy atom. The zero-order chi connectivity index (χ0) is 17.2. The summed E-state index contributed by atoms with van der Waals surface area (Å²) >= 11 is 12.4. The van der Waals surface area contributed by atoms with Gasteiger partial charge in [-0.05, 0) is 18.2 Å². The van der Waals surface area contributed by atoms with Gasteiger partial charge in [0, 0.05) is 5.92 Å². The van der Waals surface area contributed by atoms with E-state index in [0.29, 0.717) is 5.02 Å². The van der Waals surface area contributed by atoms with Crippen LogP contribution in [-0.2, 0) is 14.8 Å². The lowest BCUT2D eigenvalue weighted by Gasteiger charge is -2.06. The fraction of sp³-hybridized carbons (Fsp3) is 0.250. The molecule has 0 radical (unpaired) electrons. The van der Waals surface area contributed by atoms with Gasteiger partial charge in [-0.3, -0.25) is 9.52 Å². The van der Waals surface area contributed by atoms with Crippen molar-refractivity contribution in [3.05, 3.63) is 28.2 Å². The average Bonchev–Trinajstić information content (AvgIpc) is 2.92. The van der Waals surface area contributed by atoms with Crippen molar-refractivity contribution in [2.75, 3.05) is 10.0 Å².